The average molecular weight is 645 g/mol. The van der Waals surface area contributed by atoms with E-state index in [1.54, 1.807) is 30.7 Å². The van der Waals surface area contributed by atoms with Gasteiger partial charge in [-0.1, -0.05) is 19.4 Å². The normalized spacial score (nSPS) is 18.9. The van der Waals surface area contributed by atoms with Crippen molar-refractivity contribution in [2.45, 2.75) is 58.3 Å². The largest absolute Gasteiger partial charge is 0.416 e. The molecule has 5 rings (SSSR count). The zero-order valence-corrected chi connectivity index (χ0v) is 26.4. The van der Waals surface area contributed by atoms with Gasteiger partial charge in [-0.2, -0.15) is 17.9 Å². The third-order valence-corrected chi connectivity index (χ3v) is 8.95. The van der Waals surface area contributed by atoms with Crippen molar-refractivity contribution in [2.75, 3.05) is 38.3 Å². The van der Waals surface area contributed by atoms with Gasteiger partial charge in [-0.15, -0.1) is 0 Å². The summed E-state index contributed by atoms with van der Waals surface area (Å²) in [6, 6.07) is 8.28. The first-order valence-corrected chi connectivity index (χ1v) is 15.1. The highest BCUT2D eigenvalue weighted by atomic mass is 19.4. The number of likely N-dealkylation sites (N-methyl/N-ethyl adjacent to an activating group) is 1. The number of carbonyl (C=O) groups excluding carboxylic acids is 3. The molecule has 2 aromatic rings. The van der Waals surface area contributed by atoms with Gasteiger partial charge in [0, 0.05) is 43.4 Å². The topological polar surface area (TPSA) is 100 Å². The van der Waals surface area contributed by atoms with Crippen molar-refractivity contribution in [2.24, 2.45) is 11.0 Å². The van der Waals surface area contributed by atoms with Crippen molar-refractivity contribution in [3.63, 3.8) is 0 Å². The first kappa shape index (κ1) is 32.9. The summed E-state index contributed by atoms with van der Waals surface area (Å²) < 4.78 is 55.9. The van der Waals surface area contributed by atoms with Crippen LogP contribution in [0, 0.1) is 11.7 Å². The molecule has 14 heteroatoms. The first-order valence-electron chi connectivity index (χ1n) is 15.1. The monoisotopic (exact) mass is 644 g/mol. The number of rotatable bonds is 8. The van der Waals surface area contributed by atoms with E-state index in [2.05, 4.69) is 20.9 Å². The van der Waals surface area contributed by atoms with Crippen LogP contribution in [0.25, 0.3) is 0 Å². The van der Waals surface area contributed by atoms with Crippen molar-refractivity contribution in [1.82, 2.24) is 20.7 Å². The van der Waals surface area contributed by atoms with Crippen LogP contribution >= 0.6 is 0 Å². The predicted octanol–water partition coefficient (Wildman–Crippen LogP) is 3.61. The molecule has 246 valence electrons. The van der Waals surface area contributed by atoms with Crippen molar-refractivity contribution in [3.05, 3.63) is 65.0 Å². The van der Waals surface area contributed by atoms with Crippen LogP contribution in [-0.4, -0.2) is 88.6 Å². The summed E-state index contributed by atoms with van der Waals surface area (Å²) in [6.45, 7) is 8.97. The van der Waals surface area contributed by atoms with E-state index < -0.39 is 52.4 Å². The van der Waals surface area contributed by atoms with E-state index in [1.165, 1.54) is 5.71 Å². The Balaban J connectivity index is 1.28. The third-order valence-electron chi connectivity index (χ3n) is 8.95. The number of carbonyl (C=O) groups is 3. The van der Waals surface area contributed by atoms with Gasteiger partial charge in [0.15, 0.2) is 12.3 Å². The number of alkyl halides is 3. The molecule has 3 heterocycles. The second-order valence-corrected chi connectivity index (χ2v) is 12.5. The van der Waals surface area contributed by atoms with Gasteiger partial charge in [-0.25, -0.2) is 4.39 Å². The van der Waals surface area contributed by atoms with E-state index in [0.29, 0.717) is 37.7 Å². The lowest BCUT2D eigenvalue weighted by Crippen LogP contribution is -2.60. The summed E-state index contributed by atoms with van der Waals surface area (Å²) in [5, 5.41) is 6.87. The molecular formula is C32H38F4N7O3+. The standard InChI is InChI=1S/C32H37F4N7O3/c1-19(2)27(37-28(44)25-16-23(32(34,35)36)8-11-26(25)33)29(45)41-14-12-31(13-15-41)30(46)40(5)18-42(31)24-9-6-22(7-10-24)21(4)38-39-43-17-20(43)3/h6-11,16,19,27,39H,12-15,17-18H2,1-5H3/p+1. The Morgan fingerprint density at radius 2 is 1.70 bits per heavy atom. The lowest BCUT2D eigenvalue weighted by atomic mass is 9.85. The molecule has 0 saturated carbocycles. The zero-order chi connectivity index (χ0) is 33.6. The minimum atomic E-state index is -4.77. The molecule has 2 aromatic carbocycles. The fourth-order valence-corrected chi connectivity index (χ4v) is 5.99. The van der Waals surface area contributed by atoms with E-state index in [-0.39, 0.29) is 19.0 Å². The molecular weight excluding hydrogens is 606 g/mol. The molecule has 2 saturated heterocycles. The highest BCUT2D eigenvalue weighted by Crippen LogP contribution is 2.39. The molecule has 1 atom stereocenters. The number of hydrogen-bond acceptors (Lipinski definition) is 6. The smallest absolute Gasteiger partial charge is 0.341 e. The molecule has 0 aliphatic carbocycles. The van der Waals surface area contributed by atoms with Crippen molar-refractivity contribution in [3.8, 4) is 0 Å². The van der Waals surface area contributed by atoms with Crippen LogP contribution in [0.3, 0.4) is 0 Å². The third kappa shape index (κ3) is 6.42. The Kier molecular flexibility index (Phi) is 8.84. The highest BCUT2D eigenvalue weighted by Gasteiger charge is 2.53. The van der Waals surface area contributed by atoms with Gasteiger partial charge in [-0.05, 0) is 68.1 Å². The number of halogens is 4. The van der Waals surface area contributed by atoms with E-state index in [1.807, 2.05) is 42.8 Å². The fourth-order valence-electron chi connectivity index (χ4n) is 5.99. The molecule has 3 amide bonds. The van der Waals surface area contributed by atoms with Gasteiger partial charge in [0.2, 0.25) is 11.8 Å². The number of likely N-dealkylation sites (tertiary alicyclic amines) is 1. The number of nitrogens with zero attached hydrogens (tertiary/aromatic N) is 5. The van der Waals surface area contributed by atoms with Crippen molar-refractivity contribution >= 4 is 34.8 Å². The molecule has 3 aliphatic heterocycles. The summed E-state index contributed by atoms with van der Waals surface area (Å²) in [5.41, 5.74) is 3.97. The number of anilines is 1. The summed E-state index contributed by atoms with van der Waals surface area (Å²) in [4.78, 5) is 45.4. The van der Waals surface area contributed by atoms with Gasteiger partial charge >= 0.3 is 6.18 Å². The van der Waals surface area contributed by atoms with Crippen LogP contribution in [0.15, 0.2) is 47.6 Å². The zero-order valence-electron chi connectivity index (χ0n) is 26.4. The number of piperidine rings is 1. The number of nitrogens with one attached hydrogen (secondary N) is 2. The average Bonchev–Trinajstić information content (AvgIpc) is 3.68. The molecule has 1 spiro atoms. The van der Waals surface area contributed by atoms with Gasteiger partial charge in [0.05, 0.1) is 17.8 Å². The molecule has 0 aromatic heterocycles. The van der Waals surface area contributed by atoms with Gasteiger partial charge in [0.25, 0.3) is 5.91 Å². The molecule has 10 nitrogen and oxygen atoms in total. The van der Waals surface area contributed by atoms with Crippen LogP contribution in [0.2, 0.25) is 0 Å². The van der Waals surface area contributed by atoms with Gasteiger partial charge in [-0.3, -0.25) is 14.4 Å². The summed E-state index contributed by atoms with van der Waals surface area (Å²) in [6.07, 6.45) is -4.10. The SMILES string of the molecule is CC(=NN[N+]1=C(C)C1)c1ccc(N2CN(C)C(=O)C23CCN(C(=O)C(NC(=O)c2cc(C(F)(F)F)ccc2F)C(C)C)CC3)cc1. The molecule has 2 N–H and O–H groups in total. The number of hydrazine groups is 1. The van der Waals surface area contributed by atoms with Crippen LogP contribution in [-0.2, 0) is 15.8 Å². The number of hydrazone groups is 2. The molecule has 0 radical (unpaired) electrons. The summed E-state index contributed by atoms with van der Waals surface area (Å²) in [5.74, 6) is -3.17. The minimum absolute atomic E-state index is 0.0514. The maximum absolute atomic E-state index is 14.4. The van der Waals surface area contributed by atoms with E-state index >= 15 is 0 Å². The second kappa shape index (κ2) is 12.4. The molecule has 2 fully saturated rings. The lowest BCUT2D eigenvalue weighted by molar-refractivity contribution is -0.508. The number of amides is 3. The highest BCUT2D eigenvalue weighted by molar-refractivity contribution is 6.00. The maximum atomic E-state index is 14.4. The van der Waals surface area contributed by atoms with E-state index in [9.17, 15) is 31.9 Å². The number of benzene rings is 2. The molecule has 46 heavy (non-hydrogen) atoms. The summed E-state index contributed by atoms with van der Waals surface area (Å²) >= 11 is 0. The van der Waals surface area contributed by atoms with Crippen molar-refractivity contribution in [1.29, 1.82) is 0 Å². The van der Waals surface area contributed by atoms with E-state index in [0.717, 1.165) is 23.5 Å². The fraction of sp³-hybridized carbons (Fsp3) is 0.469. The Morgan fingerprint density at radius 1 is 1.07 bits per heavy atom. The first-order chi connectivity index (χ1) is 21.6. The Hall–Kier alpha value is -4.49. The molecule has 1 unspecified atom stereocenters. The van der Waals surface area contributed by atoms with Crippen molar-refractivity contribution < 1.29 is 36.6 Å². The summed E-state index contributed by atoms with van der Waals surface area (Å²) in [7, 11) is 1.74. The van der Waals surface area contributed by atoms with Gasteiger partial charge < -0.3 is 20.0 Å². The molecule has 3 aliphatic rings. The number of hydrogen-bond donors (Lipinski definition) is 2. The van der Waals surface area contributed by atoms with Crippen LogP contribution in [0.4, 0.5) is 23.2 Å². The maximum Gasteiger partial charge on any atom is 0.416 e. The molecule has 0 bridgehead atoms. The van der Waals surface area contributed by atoms with Crippen LogP contribution < -0.4 is 15.8 Å². The Bertz CT molecular complexity index is 1600. The van der Waals surface area contributed by atoms with Crippen LogP contribution in [0.1, 0.15) is 62.0 Å². The van der Waals surface area contributed by atoms with E-state index in [4.69, 9.17) is 0 Å². The van der Waals surface area contributed by atoms with Crippen LogP contribution in [0.5, 0.6) is 0 Å². The predicted molar refractivity (Wildman–Crippen MR) is 164 cm³/mol. The second-order valence-electron chi connectivity index (χ2n) is 12.5. The minimum Gasteiger partial charge on any atom is -0.341 e. The Morgan fingerprint density at radius 3 is 2.26 bits per heavy atom. The quantitative estimate of drug-likeness (QED) is 0.198. The Labute approximate surface area is 264 Å². The lowest BCUT2D eigenvalue weighted by Gasteiger charge is -2.44. The van der Waals surface area contributed by atoms with Gasteiger partial charge in [0.1, 0.15) is 23.1 Å².